The first-order chi connectivity index (χ1) is 9.15. The first-order valence-electron chi connectivity index (χ1n) is 6.31. The minimum absolute atomic E-state index is 0.260. The molecular formula is C14H15FN4. The van der Waals surface area contributed by atoms with Gasteiger partial charge in [-0.3, -0.25) is 0 Å². The topological polar surface area (TPSA) is 53.6 Å². The number of rotatable bonds is 3. The number of hydrogen-bond acceptors (Lipinski definition) is 3. The minimum Gasteiger partial charge on any atom is -0.368 e. The van der Waals surface area contributed by atoms with Gasteiger partial charge in [0, 0.05) is 17.4 Å². The van der Waals surface area contributed by atoms with Gasteiger partial charge in [0.1, 0.15) is 23.2 Å². The van der Waals surface area contributed by atoms with E-state index in [1.807, 2.05) is 0 Å². The quantitative estimate of drug-likeness (QED) is 0.757. The highest BCUT2D eigenvalue weighted by molar-refractivity contribution is 6.07. The van der Waals surface area contributed by atoms with Gasteiger partial charge in [0.25, 0.3) is 0 Å². The number of benzene rings is 1. The predicted octanol–water partition coefficient (Wildman–Crippen LogP) is 3.32. The number of fused-ring (bicyclic) bond motifs is 3. The second-order valence-corrected chi connectivity index (χ2v) is 5.04. The molecule has 1 aromatic carbocycles. The maximum atomic E-state index is 13.3. The standard InChI is InChI=1S/C14H15FN4/c1-8(2)6-16-14-13-12(17-7-18-14)10-5-9(15)3-4-11(10)19-13/h3-5,7-8,19H,6H2,1-2H3,(H,16,17,18). The molecule has 0 aliphatic carbocycles. The van der Waals surface area contributed by atoms with Gasteiger partial charge in [0.15, 0.2) is 5.82 Å². The number of H-pyrrole nitrogens is 1. The van der Waals surface area contributed by atoms with E-state index < -0.39 is 0 Å². The molecule has 0 unspecified atom stereocenters. The summed E-state index contributed by atoms with van der Waals surface area (Å²) in [4.78, 5) is 11.7. The van der Waals surface area contributed by atoms with Gasteiger partial charge in [-0.25, -0.2) is 14.4 Å². The van der Waals surface area contributed by atoms with Gasteiger partial charge in [-0.15, -0.1) is 0 Å². The zero-order valence-corrected chi connectivity index (χ0v) is 10.9. The van der Waals surface area contributed by atoms with E-state index in [2.05, 4.69) is 34.1 Å². The van der Waals surface area contributed by atoms with E-state index in [0.29, 0.717) is 5.92 Å². The van der Waals surface area contributed by atoms with Crippen LogP contribution in [0.15, 0.2) is 24.5 Å². The SMILES string of the molecule is CC(C)CNc1ncnc2c1[nH]c1ccc(F)cc12. The fraction of sp³-hybridized carbons (Fsp3) is 0.286. The number of aromatic nitrogens is 3. The second-order valence-electron chi connectivity index (χ2n) is 5.04. The number of halogens is 1. The van der Waals surface area contributed by atoms with Gasteiger partial charge in [-0.1, -0.05) is 13.8 Å². The van der Waals surface area contributed by atoms with Gasteiger partial charge in [0.05, 0.1) is 0 Å². The number of hydrogen-bond donors (Lipinski definition) is 2. The molecule has 3 rings (SSSR count). The molecule has 0 saturated carbocycles. The Hall–Kier alpha value is -2.17. The Morgan fingerprint density at radius 1 is 1.32 bits per heavy atom. The lowest BCUT2D eigenvalue weighted by atomic mass is 10.2. The molecule has 5 heteroatoms. The highest BCUT2D eigenvalue weighted by Crippen LogP contribution is 2.27. The van der Waals surface area contributed by atoms with Crippen LogP contribution in [-0.2, 0) is 0 Å². The van der Waals surface area contributed by atoms with E-state index in [1.165, 1.54) is 18.5 Å². The third-order valence-electron chi connectivity index (χ3n) is 3.02. The van der Waals surface area contributed by atoms with Crippen LogP contribution in [0.3, 0.4) is 0 Å². The van der Waals surface area contributed by atoms with Crippen LogP contribution in [0.5, 0.6) is 0 Å². The maximum Gasteiger partial charge on any atom is 0.153 e. The molecule has 0 saturated heterocycles. The molecule has 0 spiro atoms. The third-order valence-corrected chi connectivity index (χ3v) is 3.02. The normalized spacial score (nSPS) is 11.6. The molecule has 0 aliphatic rings. The van der Waals surface area contributed by atoms with E-state index in [9.17, 15) is 4.39 Å². The Morgan fingerprint density at radius 3 is 2.95 bits per heavy atom. The van der Waals surface area contributed by atoms with E-state index >= 15 is 0 Å². The van der Waals surface area contributed by atoms with E-state index in [0.717, 1.165) is 34.3 Å². The average Bonchev–Trinajstić information content (AvgIpc) is 2.75. The second kappa shape index (κ2) is 4.50. The van der Waals surface area contributed by atoms with Crippen LogP contribution in [0.2, 0.25) is 0 Å². The summed E-state index contributed by atoms with van der Waals surface area (Å²) in [5.74, 6) is 1.02. The Kier molecular flexibility index (Phi) is 2.81. The molecule has 98 valence electrons. The van der Waals surface area contributed by atoms with E-state index in [4.69, 9.17) is 0 Å². The van der Waals surface area contributed by atoms with Crippen molar-refractivity contribution in [2.75, 3.05) is 11.9 Å². The zero-order chi connectivity index (χ0) is 13.4. The lowest BCUT2D eigenvalue weighted by Crippen LogP contribution is -2.09. The van der Waals surface area contributed by atoms with Gasteiger partial charge in [-0.05, 0) is 24.1 Å². The van der Waals surface area contributed by atoms with Crippen molar-refractivity contribution in [3.63, 3.8) is 0 Å². The maximum absolute atomic E-state index is 13.3. The molecular weight excluding hydrogens is 243 g/mol. The van der Waals surface area contributed by atoms with Crippen molar-refractivity contribution in [3.8, 4) is 0 Å². The average molecular weight is 258 g/mol. The molecule has 2 aromatic heterocycles. The molecule has 0 bridgehead atoms. The summed E-state index contributed by atoms with van der Waals surface area (Å²) in [6.45, 7) is 5.09. The first-order valence-corrected chi connectivity index (χ1v) is 6.31. The molecule has 0 atom stereocenters. The van der Waals surface area contributed by atoms with Crippen LogP contribution in [0.25, 0.3) is 21.9 Å². The molecule has 0 fully saturated rings. The molecule has 2 N–H and O–H groups in total. The number of nitrogens with zero attached hydrogens (tertiary/aromatic N) is 2. The highest BCUT2D eigenvalue weighted by Gasteiger charge is 2.11. The van der Waals surface area contributed by atoms with Crippen molar-refractivity contribution in [3.05, 3.63) is 30.3 Å². The highest BCUT2D eigenvalue weighted by atomic mass is 19.1. The lowest BCUT2D eigenvalue weighted by molar-refractivity contribution is 0.630. The minimum atomic E-state index is -0.260. The summed E-state index contributed by atoms with van der Waals surface area (Å²) in [7, 11) is 0. The van der Waals surface area contributed by atoms with Crippen molar-refractivity contribution in [2.24, 2.45) is 5.92 Å². The van der Waals surface area contributed by atoms with Crippen LogP contribution >= 0.6 is 0 Å². The van der Waals surface area contributed by atoms with Gasteiger partial charge >= 0.3 is 0 Å². The summed E-state index contributed by atoms with van der Waals surface area (Å²) in [5.41, 5.74) is 2.43. The molecule has 19 heavy (non-hydrogen) atoms. The molecule has 0 aliphatic heterocycles. The summed E-state index contributed by atoms with van der Waals surface area (Å²) in [6, 6.07) is 4.65. The predicted molar refractivity (Wildman–Crippen MR) is 74.7 cm³/mol. The first kappa shape index (κ1) is 11.9. The summed E-state index contributed by atoms with van der Waals surface area (Å²) < 4.78 is 13.3. The van der Waals surface area contributed by atoms with Crippen molar-refractivity contribution in [1.82, 2.24) is 15.0 Å². The van der Waals surface area contributed by atoms with Crippen molar-refractivity contribution >= 4 is 27.8 Å². The number of anilines is 1. The Balaban J connectivity index is 2.17. The largest absolute Gasteiger partial charge is 0.368 e. The fourth-order valence-electron chi connectivity index (χ4n) is 2.10. The van der Waals surface area contributed by atoms with Crippen LogP contribution < -0.4 is 5.32 Å². The summed E-state index contributed by atoms with van der Waals surface area (Å²) in [6.07, 6.45) is 1.50. The van der Waals surface area contributed by atoms with Crippen molar-refractivity contribution < 1.29 is 4.39 Å². The van der Waals surface area contributed by atoms with Gasteiger partial charge in [-0.2, -0.15) is 0 Å². The Labute approximate surface area is 110 Å². The van der Waals surface area contributed by atoms with Crippen LogP contribution in [0.1, 0.15) is 13.8 Å². The summed E-state index contributed by atoms with van der Waals surface area (Å²) in [5, 5.41) is 4.07. The van der Waals surface area contributed by atoms with E-state index in [-0.39, 0.29) is 5.82 Å². The Bertz CT molecular complexity index is 733. The fourth-order valence-corrected chi connectivity index (χ4v) is 2.10. The lowest BCUT2D eigenvalue weighted by Gasteiger charge is -2.08. The van der Waals surface area contributed by atoms with Gasteiger partial charge in [0.2, 0.25) is 0 Å². The summed E-state index contributed by atoms with van der Waals surface area (Å²) >= 11 is 0. The smallest absolute Gasteiger partial charge is 0.153 e. The van der Waals surface area contributed by atoms with Crippen LogP contribution in [0, 0.1) is 11.7 Å². The molecule has 3 aromatic rings. The molecule has 4 nitrogen and oxygen atoms in total. The molecule has 0 amide bonds. The van der Waals surface area contributed by atoms with Crippen molar-refractivity contribution in [1.29, 1.82) is 0 Å². The van der Waals surface area contributed by atoms with E-state index in [1.54, 1.807) is 6.07 Å². The Morgan fingerprint density at radius 2 is 2.16 bits per heavy atom. The molecule has 2 heterocycles. The van der Waals surface area contributed by atoms with Crippen LogP contribution in [0.4, 0.5) is 10.2 Å². The van der Waals surface area contributed by atoms with Gasteiger partial charge < -0.3 is 10.3 Å². The number of nitrogens with one attached hydrogen (secondary N) is 2. The monoisotopic (exact) mass is 258 g/mol. The zero-order valence-electron chi connectivity index (χ0n) is 10.9. The number of aromatic amines is 1. The van der Waals surface area contributed by atoms with Crippen molar-refractivity contribution in [2.45, 2.75) is 13.8 Å². The molecule has 0 radical (unpaired) electrons. The van der Waals surface area contributed by atoms with Crippen LogP contribution in [-0.4, -0.2) is 21.5 Å². The third kappa shape index (κ3) is 2.12.